The molecule has 0 aliphatic rings. The van der Waals surface area contributed by atoms with Crippen molar-refractivity contribution in [3.63, 3.8) is 0 Å². The van der Waals surface area contributed by atoms with Crippen LogP contribution in [0.4, 0.5) is 17.2 Å². The third-order valence-corrected chi connectivity index (χ3v) is 3.38. The summed E-state index contributed by atoms with van der Waals surface area (Å²) in [5.74, 6) is 0.604. The van der Waals surface area contributed by atoms with Gasteiger partial charge in [0.25, 0.3) is 0 Å². The van der Waals surface area contributed by atoms with Gasteiger partial charge in [-0.25, -0.2) is 9.98 Å². The first-order valence-corrected chi connectivity index (χ1v) is 7.56. The number of nitrogens with zero attached hydrogens (tertiary/aromatic N) is 4. The Hall–Kier alpha value is -3.34. The van der Waals surface area contributed by atoms with Gasteiger partial charge < -0.3 is 5.32 Å². The van der Waals surface area contributed by atoms with E-state index >= 15 is 0 Å². The maximum absolute atomic E-state index is 4.62. The van der Waals surface area contributed by atoms with E-state index in [9.17, 15) is 0 Å². The number of aliphatic imine (C=N–C) groups is 1. The van der Waals surface area contributed by atoms with Crippen molar-refractivity contribution in [2.24, 2.45) is 4.99 Å². The highest BCUT2D eigenvalue weighted by Crippen LogP contribution is 2.32. The lowest BCUT2D eigenvalue weighted by Gasteiger charge is -2.13. The molecule has 0 amide bonds. The van der Waals surface area contributed by atoms with Gasteiger partial charge in [-0.3, -0.25) is 9.97 Å². The molecule has 0 aromatic carbocycles. The van der Waals surface area contributed by atoms with Crippen molar-refractivity contribution >= 4 is 29.5 Å². The molecule has 1 N–H and O–H groups in total. The summed E-state index contributed by atoms with van der Waals surface area (Å²) in [5, 5.41) is 3.38. The van der Waals surface area contributed by atoms with Gasteiger partial charge in [0.15, 0.2) is 5.82 Å². The zero-order chi connectivity index (χ0) is 16.8. The van der Waals surface area contributed by atoms with Crippen LogP contribution in [0.25, 0.3) is 17.5 Å². The summed E-state index contributed by atoms with van der Waals surface area (Å²) in [7, 11) is 0. The van der Waals surface area contributed by atoms with E-state index in [0.29, 0.717) is 5.82 Å². The number of anilines is 2. The number of nitrogens with one attached hydrogen (secondary N) is 1. The van der Waals surface area contributed by atoms with Crippen LogP contribution >= 0.6 is 0 Å². The van der Waals surface area contributed by atoms with Crippen LogP contribution in [-0.2, 0) is 0 Å². The zero-order valence-corrected chi connectivity index (χ0v) is 13.3. The first-order valence-electron chi connectivity index (χ1n) is 7.56. The molecule has 24 heavy (non-hydrogen) atoms. The van der Waals surface area contributed by atoms with Crippen molar-refractivity contribution in [3.8, 4) is 11.4 Å². The number of rotatable bonds is 5. The molecule has 5 nitrogen and oxygen atoms in total. The molecule has 3 aromatic heterocycles. The molecule has 0 spiro atoms. The number of hydrogen-bond acceptors (Lipinski definition) is 5. The predicted octanol–water partition coefficient (Wildman–Crippen LogP) is 4.65. The standard InChI is InChI=1S/C19H17N5/c1-3-15-17(23-14-8-11-20-12-9-14)13-18(24-19(15)21-4-2)16-7-5-6-10-22-16/h3-13H,1H2,2H3,(H,20,23,24). The molecule has 0 unspecified atom stereocenters. The van der Waals surface area contributed by atoms with Crippen molar-refractivity contribution in [1.82, 2.24) is 15.0 Å². The summed E-state index contributed by atoms with van der Waals surface area (Å²) in [6.07, 6.45) is 8.69. The maximum atomic E-state index is 4.62. The van der Waals surface area contributed by atoms with Crippen molar-refractivity contribution in [2.75, 3.05) is 5.32 Å². The smallest absolute Gasteiger partial charge is 0.161 e. The van der Waals surface area contributed by atoms with Crippen LogP contribution < -0.4 is 5.32 Å². The molecule has 3 rings (SSSR count). The minimum absolute atomic E-state index is 0.604. The van der Waals surface area contributed by atoms with E-state index in [0.717, 1.165) is 28.3 Å². The van der Waals surface area contributed by atoms with Gasteiger partial charge in [-0.15, -0.1) is 0 Å². The lowest BCUT2D eigenvalue weighted by molar-refractivity contribution is 1.22. The minimum Gasteiger partial charge on any atom is -0.355 e. The molecule has 0 fully saturated rings. The van der Waals surface area contributed by atoms with E-state index in [1.165, 1.54) is 0 Å². The molecule has 0 saturated carbocycles. The molecule has 0 aliphatic carbocycles. The molecule has 118 valence electrons. The van der Waals surface area contributed by atoms with Gasteiger partial charge in [0.1, 0.15) is 0 Å². The van der Waals surface area contributed by atoms with E-state index in [4.69, 9.17) is 0 Å². The Balaban J connectivity index is 2.14. The molecular formula is C19H17N5. The maximum Gasteiger partial charge on any atom is 0.161 e. The fraction of sp³-hybridized carbons (Fsp3) is 0.0526. The molecule has 5 heteroatoms. The van der Waals surface area contributed by atoms with Crippen molar-refractivity contribution < 1.29 is 0 Å². The van der Waals surface area contributed by atoms with Gasteiger partial charge >= 0.3 is 0 Å². The minimum atomic E-state index is 0.604. The normalized spacial score (nSPS) is 10.7. The highest BCUT2D eigenvalue weighted by Gasteiger charge is 2.12. The lowest BCUT2D eigenvalue weighted by Crippen LogP contribution is -1.98. The fourth-order valence-corrected chi connectivity index (χ4v) is 2.30. The number of pyridine rings is 3. The van der Waals surface area contributed by atoms with E-state index < -0.39 is 0 Å². The summed E-state index contributed by atoms with van der Waals surface area (Å²) >= 11 is 0. The third-order valence-electron chi connectivity index (χ3n) is 3.38. The molecule has 0 bridgehead atoms. The number of hydrogen-bond donors (Lipinski definition) is 1. The zero-order valence-electron chi connectivity index (χ0n) is 13.3. The van der Waals surface area contributed by atoms with E-state index in [1.54, 1.807) is 30.9 Å². The summed E-state index contributed by atoms with van der Waals surface area (Å²) < 4.78 is 0. The van der Waals surface area contributed by atoms with Crippen molar-refractivity contribution in [3.05, 3.63) is 67.1 Å². The number of aromatic nitrogens is 3. The van der Waals surface area contributed by atoms with Gasteiger partial charge in [-0.1, -0.05) is 18.7 Å². The van der Waals surface area contributed by atoms with Gasteiger partial charge in [0.2, 0.25) is 0 Å². The molecule has 0 radical (unpaired) electrons. The summed E-state index contributed by atoms with van der Waals surface area (Å²) in [6, 6.07) is 11.5. The van der Waals surface area contributed by atoms with E-state index in [1.807, 2.05) is 43.3 Å². The van der Waals surface area contributed by atoms with Gasteiger partial charge in [0.05, 0.1) is 17.1 Å². The molecule has 3 aromatic rings. The Morgan fingerprint density at radius 1 is 1.08 bits per heavy atom. The Morgan fingerprint density at radius 3 is 2.58 bits per heavy atom. The van der Waals surface area contributed by atoms with Crippen LogP contribution in [0.2, 0.25) is 0 Å². The van der Waals surface area contributed by atoms with Crippen LogP contribution in [-0.4, -0.2) is 21.2 Å². The van der Waals surface area contributed by atoms with Gasteiger partial charge in [-0.05, 0) is 37.3 Å². The van der Waals surface area contributed by atoms with Crippen LogP contribution in [0.15, 0.2) is 66.6 Å². The second-order valence-electron chi connectivity index (χ2n) is 4.96. The van der Waals surface area contributed by atoms with E-state index in [-0.39, 0.29) is 0 Å². The van der Waals surface area contributed by atoms with Gasteiger partial charge in [-0.2, -0.15) is 0 Å². The highest BCUT2D eigenvalue weighted by molar-refractivity contribution is 5.82. The fourth-order valence-electron chi connectivity index (χ4n) is 2.30. The van der Waals surface area contributed by atoms with Crippen molar-refractivity contribution in [2.45, 2.75) is 6.92 Å². The molecule has 0 aliphatic heterocycles. The monoisotopic (exact) mass is 315 g/mol. The SMILES string of the molecule is C=Cc1c(Nc2ccncc2)cc(-c2ccccn2)nc1N=CC. The molecule has 3 heterocycles. The molecular weight excluding hydrogens is 298 g/mol. The Morgan fingerprint density at radius 2 is 1.92 bits per heavy atom. The Kier molecular flexibility index (Phi) is 4.72. The van der Waals surface area contributed by atoms with Crippen LogP contribution in [0.1, 0.15) is 12.5 Å². The topological polar surface area (TPSA) is 63.1 Å². The first kappa shape index (κ1) is 15.6. The van der Waals surface area contributed by atoms with Crippen molar-refractivity contribution in [1.29, 1.82) is 0 Å². The summed E-state index contributed by atoms with van der Waals surface area (Å²) in [5.41, 5.74) is 4.17. The summed E-state index contributed by atoms with van der Waals surface area (Å²) in [6.45, 7) is 5.76. The predicted molar refractivity (Wildman–Crippen MR) is 98.9 cm³/mol. The van der Waals surface area contributed by atoms with E-state index in [2.05, 4.69) is 31.8 Å². The van der Waals surface area contributed by atoms with Crippen LogP contribution in [0, 0.1) is 0 Å². The average molecular weight is 315 g/mol. The van der Waals surface area contributed by atoms with Gasteiger partial charge in [0, 0.05) is 36.1 Å². The Bertz CT molecular complexity index is 858. The van der Waals surface area contributed by atoms with Crippen LogP contribution in [0.3, 0.4) is 0 Å². The quantitative estimate of drug-likeness (QED) is 0.696. The first-order chi connectivity index (χ1) is 11.8. The lowest BCUT2D eigenvalue weighted by atomic mass is 10.1. The largest absolute Gasteiger partial charge is 0.355 e. The molecule has 0 atom stereocenters. The third kappa shape index (κ3) is 3.35. The van der Waals surface area contributed by atoms with Crippen LogP contribution in [0.5, 0.6) is 0 Å². The second-order valence-corrected chi connectivity index (χ2v) is 4.96. The average Bonchev–Trinajstić information content (AvgIpc) is 2.63. The summed E-state index contributed by atoms with van der Waals surface area (Å²) in [4.78, 5) is 17.4. The second kappa shape index (κ2) is 7.28. The molecule has 0 saturated heterocycles. The Labute approximate surface area is 140 Å². The highest BCUT2D eigenvalue weighted by atomic mass is 15.0.